The smallest absolute Gasteiger partial charge is 0.246 e. The van der Waals surface area contributed by atoms with Crippen LogP contribution in [0.4, 0.5) is 0 Å². The minimum absolute atomic E-state index is 0.0205. The third kappa shape index (κ3) is 12.4. The average Bonchev–Trinajstić information content (AvgIpc) is 4.08. The Balaban J connectivity index is 1.39. The van der Waals surface area contributed by atoms with Crippen molar-refractivity contribution in [3.05, 3.63) is 72.1 Å². The Morgan fingerprint density at radius 3 is 2.28 bits per heavy atom. The van der Waals surface area contributed by atoms with Gasteiger partial charge in [-0.15, -0.1) is 5.10 Å². The normalized spacial score (nSPS) is 24.7. The van der Waals surface area contributed by atoms with E-state index in [0.717, 1.165) is 28.5 Å². The van der Waals surface area contributed by atoms with Gasteiger partial charge in [-0.1, -0.05) is 74.9 Å². The number of aromatic amines is 1. The monoisotopic (exact) mass is 923 g/mol. The summed E-state index contributed by atoms with van der Waals surface area (Å²) < 4.78 is 1.58. The van der Waals surface area contributed by atoms with E-state index in [1.165, 1.54) is 4.90 Å². The Labute approximate surface area is 387 Å². The van der Waals surface area contributed by atoms with Gasteiger partial charge in [-0.2, -0.15) is 0 Å². The van der Waals surface area contributed by atoms with Crippen molar-refractivity contribution in [3.63, 3.8) is 0 Å². The summed E-state index contributed by atoms with van der Waals surface area (Å²) in [6, 6.07) is 6.71. The fourth-order valence-electron chi connectivity index (χ4n) is 8.42. The third-order valence-corrected chi connectivity index (χ3v) is 12.6. The number of nitrogens with two attached hydrogens (primary N) is 3. The SMILES string of the molecule is CCc1ccc(-c2cn(C3C[C@H]4C(=O)N[C@@H](Cc5c[nH]c6ccccc56)C(=O)NC(C(N)=O)CCCCNC(=O)C[C@H](N)C(=O)NC(CC(N)=O)C(=O)N[C@@H]([C@@H](C)CC)C(=O)N4C3)nn2)cc1. The van der Waals surface area contributed by atoms with Gasteiger partial charge in [-0.3, -0.25) is 38.4 Å². The summed E-state index contributed by atoms with van der Waals surface area (Å²) in [6.45, 7) is 5.63. The van der Waals surface area contributed by atoms with Gasteiger partial charge in [-0.25, -0.2) is 4.68 Å². The van der Waals surface area contributed by atoms with Crippen LogP contribution in [0, 0.1) is 5.92 Å². The van der Waals surface area contributed by atoms with Crippen molar-refractivity contribution >= 4 is 58.2 Å². The molecule has 2 aliphatic heterocycles. The number of benzene rings is 2. The summed E-state index contributed by atoms with van der Waals surface area (Å²) in [5.41, 5.74) is 21.3. The Hall–Kier alpha value is -7.16. The van der Waals surface area contributed by atoms with E-state index in [-0.39, 0.29) is 32.4 Å². The fourth-order valence-corrected chi connectivity index (χ4v) is 8.42. The van der Waals surface area contributed by atoms with Gasteiger partial charge >= 0.3 is 0 Å². The van der Waals surface area contributed by atoms with Gasteiger partial charge in [0.15, 0.2) is 0 Å². The van der Waals surface area contributed by atoms with Gasteiger partial charge in [0, 0.05) is 48.6 Å². The van der Waals surface area contributed by atoms with Crippen molar-refractivity contribution in [1.29, 1.82) is 0 Å². The van der Waals surface area contributed by atoms with Crippen LogP contribution in [0.2, 0.25) is 0 Å². The number of nitrogens with zero attached hydrogens (tertiary/aromatic N) is 4. The predicted octanol–water partition coefficient (Wildman–Crippen LogP) is -0.263. The van der Waals surface area contributed by atoms with Crippen molar-refractivity contribution in [1.82, 2.24) is 51.5 Å². The van der Waals surface area contributed by atoms with Crippen LogP contribution in [0.3, 0.4) is 0 Å². The number of hydrogen-bond donors (Lipinski definition) is 9. The number of hydrogen-bond acceptors (Lipinski definition) is 11. The lowest BCUT2D eigenvalue weighted by molar-refractivity contribution is -0.143. The highest BCUT2D eigenvalue weighted by molar-refractivity contribution is 5.99. The lowest BCUT2D eigenvalue weighted by atomic mass is 9.96. The van der Waals surface area contributed by atoms with E-state index in [9.17, 15) is 33.6 Å². The molecule has 6 rings (SSSR count). The van der Waals surface area contributed by atoms with Crippen LogP contribution in [0.15, 0.2) is 60.9 Å². The average molecular weight is 924 g/mol. The molecule has 3 unspecified atom stereocenters. The van der Waals surface area contributed by atoms with E-state index in [1.807, 2.05) is 48.5 Å². The molecule has 2 aromatic heterocycles. The largest absolute Gasteiger partial charge is 0.370 e. The molecule has 21 nitrogen and oxygen atoms in total. The maximum Gasteiger partial charge on any atom is 0.246 e. The van der Waals surface area contributed by atoms with Crippen LogP contribution in [-0.4, -0.2) is 121 Å². The van der Waals surface area contributed by atoms with Crippen LogP contribution in [-0.2, 0) is 51.2 Å². The molecule has 0 saturated carbocycles. The molecule has 358 valence electrons. The number of fused-ring (bicyclic) bond motifs is 2. The zero-order valence-electron chi connectivity index (χ0n) is 38.0. The van der Waals surface area contributed by atoms with Crippen molar-refractivity contribution in [2.45, 2.75) is 121 Å². The quantitative estimate of drug-likeness (QED) is 0.0998. The number of rotatable bonds is 10. The molecule has 2 fully saturated rings. The molecule has 2 aliphatic rings. The summed E-state index contributed by atoms with van der Waals surface area (Å²) in [6.07, 6.45) is 4.33. The standard InChI is InChI=1S/C46H61N13O8/c1-4-25(3)40-46(67)58-23-29(59-24-36(56-57-59)27-15-13-26(5-2)14-16-27)19-37(58)45(66)54-34(18-28-22-51-32-11-7-6-10-30(28)32)43(64)52-33(41(49)62)12-8-9-17-50-39(61)20-31(47)42(63)53-35(21-38(48)60)44(65)55-40/h6-7,10-11,13-16,22,24-25,29,31,33-35,37,40,51H,4-5,8-9,12,17-21,23,47H2,1-3H3,(H2,48,60)(H2,49,62)(H,50,61)(H,52,64)(H,53,63)(H,54,66)(H,55,65)/t25-,29?,31-,33?,34-,35?,37-,40-/m0/s1. The van der Waals surface area contributed by atoms with Gasteiger partial charge < -0.3 is 53.7 Å². The maximum atomic E-state index is 15.0. The molecule has 4 heterocycles. The number of nitrogens with one attached hydrogen (secondary N) is 6. The lowest BCUT2D eigenvalue weighted by Gasteiger charge is -2.33. The molecule has 0 spiro atoms. The molecule has 21 heteroatoms. The molecule has 0 aliphatic carbocycles. The molecule has 8 atom stereocenters. The number of H-pyrrole nitrogens is 1. The van der Waals surface area contributed by atoms with E-state index in [0.29, 0.717) is 30.5 Å². The highest BCUT2D eigenvalue weighted by atomic mass is 16.2. The predicted molar refractivity (Wildman–Crippen MR) is 246 cm³/mol. The highest BCUT2D eigenvalue weighted by Crippen LogP contribution is 2.31. The third-order valence-electron chi connectivity index (χ3n) is 12.6. The molecular weight excluding hydrogens is 863 g/mol. The molecule has 67 heavy (non-hydrogen) atoms. The first-order valence-electron chi connectivity index (χ1n) is 22.7. The number of carbonyl (C=O) groups is 8. The number of aromatic nitrogens is 4. The Morgan fingerprint density at radius 1 is 0.866 bits per heavy atom. The lowest BCUT2D eigenvalue weighted by Crippen LogP contribution is -2.60. The second-order valence-electron chi connectivity index (χ2n) is 17.4. The van der Waals surface area contributed by atoms with Crippen molar-refractivity contribution < 1.29 is 38.4 Å². The number of aryl methyl sites for hydroxylation is 1. The van der Waals surface area contributed by atoms with E-state index in [1.54, 1.807) is 30.9 Å². The van der Waals surface area contributed by atoms with E-state index >= 15 is 4.79 Å². The van der Waals surface area contributed by atoms with Crippen molar-refractivity contribution in [2.75, 3.05) is 13.1 Å². The second kappa shape index (κ2) is 22.4. The van der Waals surface area contributed by atoms with Crippen molar-refractivity contribution in [2.24, 2.45) is 23.1 Å². The number of amides is 8. The topological polar surface area (TPSA) is 325 Å². The molecule has 0 radical (unpaired) electrons. The van der Waals surface area contributed by atoms with Crippen LogP contribution in [0.1, 0.15) is 82.9 Å². The Bertz CT molecular complexity index is 2450. The Morgan fingerprint density at radius 2 is 1.58 bits per heavy atom. The van der Waals surface area contributed by atoms with Crippen LogP contribution in [0.5, 0.6) is 0 Å². The van der Waals surface area contributed by atoms with E-state index in [2.05, 4.69) is 48.8 Å². The molecule has 12 N–H and O–H groups in total. The molecule has 2 saturated heterocycles. The summed E-state index contributed by atoms with van der Waals surface area (Å²) >= 11 is 0. The summed E-state index contributed by atoms with van der Waals surface area (Å²) in [4.78, 5) is 114. The first-order chi connectivity index (χ1) is 32.1. The van der Waals surface area contributed by atoms with Gasteiger partial charge in [0.1, 0.15) is 35.9 Å². The fraction of sp³-hybridized carbons (Fsp3) is 0.478. The van der Waals surface area contributed by atoms with Gasteiger partial charge in [0.2, 0.25) is 47.3 Å². The maximum absolute atomic E-state index is 15.0. The summed E-state index contributed by atoms with van der Waals surface area (Å²) in [5.74, 6) is -6.79. The number of primary amides is 2. The van der Waals surface area contributed by atoms with Crippen LogP contribution >= 0.6 is 0 Å². The zero-order chi connectivity index (χ0) is 48.4. The van der Waals surface area contributed by atoms with Crippen LogP contribution < -0.4 is 43.8 Å². The minimum atomic E-state index is -1.58. The highest BCUT2D eigenvalue weighted by Gasteiger charge is 2.45. The van der Waals surface area contributed by atoms with Gasteiger partial charge in [-0.05, 0) is 48.8 Å². The summed E-state index contributed by atoms with van der Waals surface area (Å²) in [7, 11) is 0. The van der Waals surface area contributed by atoms with E-state index < -0.39 is 108 Å². The second-order valence-corrected chi connectivity index (χ2v) is 17.4. The van der Waals surface area contributed by atoms with Gasteiger partial charge in [0.05, 0.1) is 31.1 Å². The molecular formula is C46H61N13O8. The molecule has 2 aromatic carbocycles. The number of carbonyl (C=O) groups excluding carboxylic acids is 8. The molecule has 0 bridgehead atoms. The van der Waals surface area contributed by atoms with Gasteiger partial charge in [0.25, 0.3) is 0 Å². The van der Waals surface area contributed by atoms with E-state index in [4.69, 9.17) is 17.2 Å². The van der Waals surface area contributed by atoms with Crippen LogP contribution in [0.25, 0.3) is 22.2 Å². The first kappa shape index (κ1) is 49.3. The molecule has 8 amide bonds. The number of para-hydroxylation sites is 1. The summed E-state index contributed by atoms with van der Waals surface area (Å²) in [5, 5.41) is 23.0. The molecule has 4 aromatic rings. The Kier molecular flexibility index (Phi) is 16.4. The zero-order valence-corrected chi connectivity index (χ0v) is 38.0. The minimum Gasteiger partial charge on any atom is -0.370 e. The van der Waals surface area contributed by atoms with Crippen molar-refractivity contribution in [3.8, 4) is 11.3 Å². The first-order valence-corrected chi connectivity index (χ1v) is 22.7.